The summed E-state index contributed by atoms with van der Waals surface area (Å²) in [5.41, 5.74) is 4.76. The summed E-state index contributed by atoms with van der Waals surface area (Å²) in [6.07, 6.45) is 5.27. The van der Waals surface area contributed by atoms with Crippen LogP contribution in [-0.4, -0.2) is 61.1 Å². The van der Waals surface area contributed by atoms with E-state index in [9.17, 15) is 4.79 Å². The van der Waals surface area contributed by atoms with E-state index in [4.69, 9.17) is 4.98 Å². The molecular formula is C22H28N6O. The molecule has 1 atom stereocenters. The molecule has 0 bridgehead atoms. The number of likely N-dealkylation sites (tertiary alicyclic amines) is 2. The highest BCUT2D eigenvalue weighted by Gasteiger charge is 2.30. The van der Waals surface area contributed by atoms with Gasteiger partial charge in [-0.05, 0) is 51.3 Å². The predicted octanol–water partition coefficient (Wildman–Crippen LogP) is 2.83. The second-order valence-corrected chi connectivity index (χ2v) is 8.38. The van der Waals surface area contributed by atoms with E-state index in [2.05, 4.69) is 32.1 Å². The molecule has 2 aliphatic heterocycles. The molecule has 0 aliphatic carbocycles. The Hall–Kier alpha value is -2.67. The quantitative estimate of drug-likeness (QED) is 0.685. The molecule has 0 unspecified atom stereocenters. The summed E-state index contributed by atoms with van der Waals surface area (Å²) in [5.74, 6) is 0.0792. The van der Waals surface area contributed by atoms with Gasteiger partial charge in [0.15, 0.2) is 5.69 Å². The number of hydrogen-bond donors (Lipinski definition) is 0. The lowest BCUT2D eigenvalue weighted by Crippen LogP contribution is -2.30. The third-order valence-electron chi connectivity index (χ3n) is 6.24. The second kappa shape index (κ2) is 7.30. The molecule has 0 aromatic carbocycles. The van der Waals surface area contributed by atoms with Crippen molar-refractivity contribution in [2.45, 2.75) is 45.7 Å². The molecule has 7 nitrogen and oxygen atoms in total. The van der Waals surface area contributed by atoms with Crippen LogP contribution in [-0.2, 0) is 6.54 Å². The number of nitrogens with zero attached hydrogens (tertiary/aromatic N) is 6. The van der Waals surface area contributed by atoms with Crippen molar-refractivity contribution in [1.82, 2.24) is 29.0 Å². The normalized spacial score (nSPS) is 20.2. The summed E-state index contributed by atoms with van der Waals surface area (Å²) < 4.78 is 4.25. The number of aromatic nitrogens is 4. The average molecular weight is 393 g/mol. The van der Waals surface area contributed by atoms with Crippen molar-refractivity contribution < 1.29 is 4.79 Å². The number of rotatable bonds is 4. The lowest BCUT2D eigenvalue weighted by atomic mass is 10.2. The highest BCUT2D eigenvalue weighted by molar-refractivity contribution is 5.94. The number of amides is 1. The zero-order valence-electron chi connectivity index (χ0n) is 17.2. The van der Waals surface area contributed by atoms with Crippen LogP contribution >= 0.6 is 0 Å². The maximum atomic E-state index is 13.2. The fourth-order valence-corrected chi connectivity index (χ4v) is 4.82. The van der Waals surface area contributed by atoms with Crippen LogP contribution in [0.1, 0.15) is 52.9 Å². The molecule has 2 fully saturated rings. The zero-order valence-corrected chi connectivity index (χ0v) is 17.2. The minimum atomic E-state index is 0.0792. The van der Waals surface area contributed by atoms with Crippen LogP contribution in [0.3, 0.4) is 0 Å². The number of imidazole rings is 1. The smallest absolute Gasteiger partial charge is 0.274 e. The van der Waals surface area contributed by atoms with Crippen molar-refractivity contribution in [1.29, 1.82) is 0 Å². The molecule has 0 saturated carbocycles. The highest BCUT2D eigenvalue weighted by Crippen LogP contribution is 2.26. The Labute approximate surface area is 170 Å². The fraction of sp³-hybridized carbons (Fsp3) is 0.500. The predicted molar refractivity (Wildman–Crippen MR) is 111 cm³/mol. The summed E-state index contributed by atoms with van der Waals surface area (Å²) in [7, 11) is 0. The molecule has 5 rings (SSSR count). The van der Waals surface area contributed by atoms with Crippen LogP contribution in [0.5, 0.6) is 0 Å². The van der Waals surface area contributed by atoms with E-state index in [1.165, 1.54) is 5.69 Å². The first-order valence-corrected chi connectivity index (χ1v) is 10.6. The molecule has 0 spiro atoms. The van der Waals surface area contributed by atoms with Gasteiger partial charge in [-0.2, -0.15) is 5.10 Å². The summed E-state index contributed by atoms with van der Waals surface area (Å²) in [4.78, 5) is 22.3. The van der Waals surface area contributed by atoms with Crippen LogP contribution in [0.4, 0.5) is 0 Å². The molecule has 0 radical (unpaired) electrons. The van der Waals surface area contributed by atoms with Crippen molar-refractivity contribution in [2.75, 3.05) is 26.2 Å². The van der Waals surface area contributed by atoms with Crippen LogP contribution in [0.15, 0.2) is 30.5 Å². The first kappa shape index (κ1) is 18.4. The van der Waals surface area contributed by atoms with E-state index >= 15 is 0 Å². The van der Waals surface area contributed by atoms with Crippen molar-refractivity contribution >= 4 is 11.6 Å². The van der Waals surface area contributed by atoms with Gasteiger partial charge in [0.05, 0.1) is 17.4 Å². The van der Waals surface area contributed by atoms with Crippen LogP contribution in [0.2, 0.25) is 0 Å². The fourth-order valence-electron chi connectivity index (χ4n) is 4.82. The van der Waals surface area contributed by atoms with Gasteiger partial charge in [-0.1, -0.05) is 6.07 Å². The van der Waals surface area contributed by atoms with Gasteiger partial charge >= 0.3 is 0 Å². The minimum Gasteiger partial charge on any atom is -0.337 e. The minimum absolute atomic E-state index is 0.0792. The van der Waals surface area contributed by atoms with Gasteiger partial charge in [-0.3, -0.25) is 14.4 Å². The number of carbonyl (C=O) groups excluding carboxylic acids is 1. The maximum Gasteiger partial charge on any atom is 0.274 e. The number of pyridine rings is 1. The van der Waals surface area contributed by atoms with E-state index in [1.807, 2.05) is 36.2 Å². The molecule has 0 N–H and O–H groups in total. The standard InChI is InChI=1S/C22H28N6O/c1-16-13-17(2)28(24-16)18-8-12-25(14-18)15-19-21(22(29)26-9-5-6-10-26)23-20-7-3-4-11-27(19)20/h3-4,7,11,13,18H,5-6,8-10,12,14-15H2,1-2H3/t18-/m1/s1. The summed E-state index contributed by atoms with van der Waals surface area (Å²) in [5, 5.41) is 4.68. The largest absolute Gasteiger partial charge is 0.337 e. The van der Waals surface area contributed by atoms with Crippen LogP contribution < -0.4 is 0 Å². The Morgan fingerprint density at radius 2 is 2.00 bits per heavy atom. The molecule has 1 amide bonds. The summed E-state index contributed by atoms with van der Waals surface area (Å²) in [6.45, 7) is 8.53. The molecule has 2 saturated heterocycles. The van der Waals surface area contributed by atoms with E-state index in [1.54, 1.807) is 0 Å². The van der Waals surface area contributed by atoms with Gasteiger partial charge in [0.2, 0.25) is 0 Å². The van der Waals surface area contributed by atoms with E-state index < -0.39 is 0 Å². The summed E-state index contributed by atoms with van der Waals surface area (Å²) >= 11 is 0. The Kier molecular flexibility index (Phi) is 4.62. The third-order valence-corrected chi connectivity index (χ3v) is 6.24. The van der Waals surface area contributed by atoms with Crippen molar-refractivity contribution in [3.63, 3.8) is 0 Å². The van der Waals surface area contributed by atoms with E-state index in [-0.39, 0.29) is 5.91 Å². The maximum absolute atomic E-state index is 13.2. The lowest BCUT2D eigenvalue weighted by Gasteiger charge is -2.19. The van der Waals surface area contributed by atoms with Gasteiger partial charge in [0.1, 0.15) is 5.65 Å². The number of fused-ring (bicyclic) bond motifs is 1. The summed E-state index contributed by atoms with van der Waals surface area (Å²) in [6, 6.07) is 8.49. The second-order valence-electron chi connectivity index (χ2n) is 8.38. The van der Waals surface area contributed by atoms with Crippen molar-refractivity contribution in [3.8, 4) is 0 Å². The first-order valence-electron chi connectivity index (χ1n) is 10.6. The van der Waals surface area contributed by atoms with E-state index in [0.717, 1.165) is 69.0 Å². The van der Waals surface area contributed by atoms with Gasteiger partial charge < -0.3 is 9.30 Å². The molecule has 7 heteroatoms. The van der Waals surface area contributed by atoms with Crippen LogP contribution in [0.25, 0.3) is 5.65 Å². The average Bonchev–Trinajstić information content (AvgIpc) is 3.49. The Balaban J connectivity index is 1.42. The third kappa shape index (κ3) is 3.33. The van der Waals surface area contributed by atoms with Crippen molar-refractivity contribution in [3.05, 3.63) is 53.2 Å². The number of carbonyl (C=O) groups is 1. The first-order chi connectivity index (χ1) is 14.1. The Bertz CT molecular complexity index is 1040. The van der Waals surface area contributed by atoms with E-state index in [0.29, 0.717) is 11.7 Å². The van der Waals surface area contributed by atoms with Crippen LogP contribution in [0, 0.1) is 13.8 Å². The molecule has 2 aliphatic rings. The highest BCUT2D eigenvalue weighted by atomic mass is 16.2. The molecule has 3 aromatic rings. The molecule has 152 valence electrons. The van der Waals surface area contributed by atoms with Gasteiger partial charge in [0.25, 0.3) is 5.91 Å². The Morgan fingerprint density at radius 3 is 2.76 bits per heavy atom. The monoisotopic (exact) mass is 392 g/mol. The lowest BCUT2D eigenvalue weighted by molar-refractivity contribution is 0.0785. The number of hydrogen-bond acceptors (Lipinski definition) is 4. The zero-order chi connectivity index (χ0) is 20.0. The topological polar surface area (TPSA) is 58.7 Å². The molecule has 5 heterocycles. The molecule has 3 aromatic heterocycles. The molecular weight excluding hydrogens is 364 g/mol. The van der Waals surface area contributed by atoms with Gasteiger partial charge in [0, 0.05) is 44.6 Å². The number of aryl methyl sites for hydroxylation is 2. The van der Waals surface area contributed by atoms with Gasteiger partial charge in [-0.15, -0.1) is 0 Å². The molecule has 29 heavy (non-hydrogen) atoms. The van der Waals surface area contributed by atoms with Crippen molar-refractivity contribution in [2.24, 2.45) is 0 Å². The Morgan fingerprint density at radius 1 is 1.17 bits per heavy atom. The van der Waals surface area contributed by atoms with Gasteiger partial charge in [-0.25, -0.2) is 4.98 Å². The SMILES string of the molecule is Cc1cc(C)n([C@@H]2CCN(Cc3c(C(=O)N4CCCC4)nc4ccccn34)C2)n1.